The third kappa shape index (κ3) is 2.41. The first kappa shape index (κ1) is 14.4. The van der Waals surface area contributed by atoms with Crippen LogP contribution >= 0.6 is 35.4 Å². The normalized spacial score (nSPS) is 11.0. The van der Waals surface area contributed by atoms with E-state index in [1.54, 1.807) is 17.7 Å². The number of aromatic amines is 1. The summed E-state index contributed by atoms with van der Waals surface area (Å²) in [6.07, 6.45) is 0. The Hall–Kier alpha value is -1.56. The second-order valence-corrected chi connectivity index (χ2v) is 5.57. The number of methoxy groups -OCH3 is 1. The van der Waals surface area contributed by atoms with Gasteiger partial charge in [-0.1, -0.05) is 23.2 Å². The fourth-order valence-electron chi connectivity index (χ4n) is 2.18. The largest absolute Gasteiger partial charge is 0.497 e. The number of hydrogen-bond donors (Lipinski definition) is 1. The number of hydrogen-bond acceptors (Lipinski definition) is 2. The van der Waals surface area contributed by atoms with Gasteiger partial charge in [0.25, 0.3) is 0 Å². The van der Waals surface area contributed by atoms with Crippen molar-refractivity contribution in [1.82, 2.24) is 9.55 Å². The molecular weight excluding hydrogens is 334 g/mol. The van der Waals surface area contributed by atoms with Crippen molar-refractivity contribution in [2.24, 2.45) is 0 Å². The number of ether oxygens (including phenoxy) is 1. The third-order valence-electron chi connectivity index (χ3n) is 3.10. The minimum absolute atomic E-state index is 0.180. The van der Waals surface area contributed by atoms with Crippen LogP contribution in [0.5, 0.6) is 5.75 Å². The number of imidazole rings is 1. The van der Waals surface area contributed by atoms with Crippen molar-refractivity contribution in [1.29, 1.82) is 0 Å². The summed E-state index contributed by atoms with van der Waals surface area (Å²) in [5.41, 5.74) is 1.98. The maximum absolute atomic E-state index is 13.4. The molecule has 0 aliphatic rings. The van der Waals surface area contributed by atoms with E-state index in [0.717, 1.165) is 11.0 Å². The Bertz CT molecular complexity index is 881. The second kappa shape index (κ2) is 5.33. The van der Waals surface area contributed by atoms with Gasteiger partial charge < -0.3 is 9.72 Å². The fraction of sp³-hybridized carbons (Fsp3) is 0.0714. The molecular formula is C14H9Cl2FN2OS. The lowest BCUT2D eigenvalue weighted by atomic mass is 10.2. The first-order valence-electron chi connectivity index (χ1n) is 5.95. The number of nitrogens with zero attached hydrogens (tertiary/aromatic N) is 1. The van der Waals surface area contributed by atoms with Crippen LogP contribution in [0, 0.1) is 10.6 Å². The van der Waals surface area contributed by atoms with Gasteiger partial charge in [0, 0.05) is 6.07 Å². The van der Waals surface area contributed by atoms with Crippen molar-refractivity contribution in [2.45, 2.75) is 0 Å². The lowest BCUT2D eigenvalue weighted by Gasteiger charge is -2.10. The Labute approximate surface area is 134 Å². The molecule has 108 valence electrons. The quantitative estimate of drug-likeness (QED) is 0.653. The lowest BCUT2D eigenvalue weighted by Crippen LogP contribution is -1.97. The van der Waals surface area contributed by atoms with Crippen LogP contribution < -0.4 is 4.74 Å². The van der Waals surface area contributed by atoms with Gasteiger partial charge in [-0.15, -0.1) is 0 Å². The number of benzene rings is 2. The Morgan fingerprint density at radius 1 is 1.19 bits per heavy atom. The summed E-state index contributed by atoms with van der Waals surface area (Å²) in [5.74, 6) is 0.164. The van der Waals surface area contributed by atoms with E-state index in [4.69, 9.17) is 40.2 Å². The van der Waals surface area contributed by atoms with Gasteiger partial charge in [-0.05, 0) is 36.5 Å². The molecule has 3 rings (SSSR count). The number of nitrogens with one attached hydrogen (secondary N) is 1. The topological polar surface area (TPSA) is 29.9 Å². The molecule has 1 aromatic heterocycles. The van der Waals surface area contributed by atoms with E-state index in [9.17, 15) is 4.39 Å². The van der Waals surface area contributed by atoms with Gasteiger partial charge in [0.05, 0.1) is 33.9 Å². The molecule has 7 heteroatoms. The highest BCUT2D eigenvalue weighted by Gasteiger charge is 2.15. The zero-order valence-electron chi connectivity index (χ0n) is 10.8. The molecule has 0 aliphatic carbocycles. The molecule has 0 amide bonds. The van der Waals surface area contributed by atoms with Crippen LogP contribution in [-0.4, -0.2) is 16.7 Å². The second-order valence-electron chi connectivity index (χ2n) is 4.37. The summed E-state index contributed by atoms with van der Waals surface area (Å²) in [6.45, 7) is 0. The Balaban J connectivity index is 2.40. The van der Waals surface area contributed by atoms with Crippen molar-refractivity contribution in [3.8, 4) is 11.4 Å². The highest BCUT2D eigenvalue weighted by Crippen LogP contribution is 2.33. The molecule has 0 radical (unpaired) electrons. The van der Waals surface area contributed by atoms with Gasteiger partial charge >= 0.3 is 0 Å². The Morgan fingerprint density at radius 3 is 2.48 bits per heavy atom. The van der Waals surface area contributed by atoms with E-state index in [1.165, 1.54) is 12.1 Å². The van der Waals surface area contributed by atoms with Crippen LogP contribution in [0.15, 0.2) is 30.3 Å². The Kier molecular flexibility index (Phi) is 3.65. The van der Waals surface area contributed by atoms with Gasteiger partial charge in [-0.3, -0.25) is 4.57 Å². The molecule has 0 unspecified atom stereocenters. The molecule has 0 atom stereocenters. The molecule has 0 saturated carbocycles. The van der Waals surface area contributed by atoms with Crippen LogP contribution in [0.4, 0.5) is 4.39 Å². The van der Waals surface area contributed by atoms with Crippen molar-refractivity contribution in [3.63, 3.8) is 0 Å². The zero-order valence-corrected chi connectivity index (χ0v) is 13.1. The van der Waals surface area contributed by atoms with Crippen LogP contribution in [0.3, 0.4) is 0 Å². The number of H-pyrrole nitrogens is 1. The van der Waals surface area contributed by atoms with E-state index in [0.29, 0.717) is 16.2 Å². The van der Waals surface area contributed by atoms with Gasteiger partial charge in [0.1, 0.15) is 11.6 Å². The number of rotatable bonds is 2. The average molecular weight is 343 g/mol. The summed E-state index contributed by atoms with van der Waals surface area (Å²) in [5, 5.41) is 0.361. The predicted octanol–water partition coefficient (Wildman–Crippen LogP) is 5.14. The monoisotopic (exact) mass is 342 g/mol. The highest BCUT2D eigenvalue weighted by atomic mass is 35.5. The summed E-state index contributed by atoms with van der Waals surface area (Å²) >= 11 is 17.6. The fourth-order valence-corrected chi connectivity index (χ4v) is 3.11. The number of fused-ring (bicyclic) bond motifs is 1. The summed E-state index contributed by atoms with van der Waals surface area (Å²) in [7, 11) is 1.57. The van der Waals surface area contributed by atoms with Crippen LogP contribution in [0.1, 0.15) is 0 Å². The molecule has 0 fully saturated rings. The summed E-state index contributed by atoms with van der Waals surface area (Å²) < 4.78 is 20.6. The van der Waals surface area contributed by atoms with Crippen LogP contribution in [0.2, 0.25) is 10.0 Å². The summed E-state index contributed by atoms with van der Waals surface area (Å²) in [6, 6.07) is 7.85. The lowest BCUT2D eigenvalue weighted by molar-refractivity contribution is 0.415. The molecule has 2 aromatic carbocycles. The standard InChI is InChI=1S/C14H9Cl2FN2OS/c1-20-8-2-3-11-12(6-8)19(14(21)18-11)13-9(15)4-7(17)5-10(13)16/h2-6H,1H3,(H,18,21). The number of halogens is 3. The first-order valence-corrected chi connectivity index (χ1v) is 7.11. The van der Waals surface area contributed by atoms with E-state index < -0.39 is 5.82 Å². The minimum Gasteiger partial charge on any atom is -0.497 e. The molecule has 0 saturated heterocycles. The smallest absolute Gasteiger partial charge is 0.182 e. The van der Waals surface area contributed by atoms with Crippen LogP contribution in [-0.2, 0) is 0 Å². The third-order valence-corrected chi connectivity index (χ3v) is 3.96. The van der Waals surface area contributed by atoms with E-state index in [-0.39, 0.29) is 10.0 Å². The molecule has 0 spiro atoms. The molecule has 0 aliphatic heterocycles. The average Bonchev–Trinajstić information content (AvgIpc) is 2.73. The molecule has 3 aromatic rings. The van der Waals surface area contributed by atoms with Crippen LogP contribution in [0.25, 0.3) is 16.7 Å². The van der Waals surface area contributed by atoms with Crippen molar-refractivity contribution < 1.29 is 9.13 Å². The van der Waals surface area contributed by atoms with E-state index >= 15 is 0 Å². The minimum atomic E-state index is -0.502. The van der Waals surface area contributed by atoms with E-state index in [1.807, 2.05) is 12.1 Å². The van der Waals surface area contributed by atoms with Gasteiger partial charge in [0.2, 0.25) is 0 Å². The molecule has 21 heavy (non-hydrogen) atoms. The predicted molar refractivity (Wildman–Crippen MR) is 85.0 cm³/mol. The molecule has 3 nitrogen and oxygen atoms in total. The van der Waals surface area contributed by atoms with Crippen molar-refractivity contribution in [3.05, 3.63) is 51.0 Å². The highest BCUT2D eigenvalue weighted by molar-refractivity contribution is 7.71. The zero-order chi connectivity index (χ0) is 15.1. The Morgan fingerprint density at radius 2 is 1.86 bits per heavy atom. The van der Waals surface area contributed by atoms with Gasteiger partial charge in [-0.2, -0.15) is 0 Å². The van der Waals surface area contributed by atoms with Crippen molar-refractivity contribution in [2.75, 3.05) is 7.11 Å². The van der Waals surface area contributed by atoms with Gasteiger partial charge in [-0.25, -0.2) is 4.39 Å². The maximum Gasteiger partial charge on any atom is 0.182 e. The summed E-state index contributed by atoms with van der Waals surface area (Å²) in [4.78, 5) is 3.06. The maximum atomic E-state index is 13.4. The first-order chi connectivity index (χ1) is 10.0. The molecule has 1 N–H and O–H groups in total. The van der Waals surface area contributed by atoms with Gasteiger partial charge in [0.15, 0.2) is 4.77 Å². The van der Waals surface area contributed by atoms with E-state index in [2.05, 4.69) is 4.98 Å². The molecule has 0 bridgehead atoms. The SMILES string of the molecule is COc1ccc2[nH]c(=S)n(-c3c(Cl)cc(F)cc3Cl)c2c1. The van der Waals surface area contributed by atoms with Crippen molar-refractivity contribution >= 4 is 46.5 Å². The number of aromatic nitrogens is 2. The molecule has 1 heterocycles.